The van der Waals surface area contributed by atoms with E-state index < -0.39 is 0 Å². The van der Waals surface area contributed by atoms with Gasteiger partial charge in [-0.1, -0.05) is 30.3 Å². The standard InChI is InChI=1S/C21H25N3O3/c1-14-10-15(2)23-21(27)18(14)12-22-20(26)17-11-19(25)24(13-17)9-8-16-6-4-3-5-7-16/h3-7,10,17H,8-9,11-13H2,1-2H3,(H,22,26)(H,23,27)/t17-/m0/s1. The van der Waals surface area contributed by atoms with Crippen LogP contribution in [0.5, 0.6) is 0 Å². The Morgan fingerprint density at radius 2 is 1.96 bits per heavy atom. The molecule has 0 saturated carbocycles. The number of aromatic amines is 1. The number of carbonyl (C=O) groups is 2. The first-order chi connectivity index (χ1) is 12.9. The number of aromatic nitrogens is 1. The molecule has 1 aliphatic heterocycles. The van der Waals surface area contributed by atoms with Crippen molar-refractivity contribution in [2.45, 2.75) is 33.2 Å². The smallest absolute Gasteiger partial charge is 0.253 e. The number of amides is 2. The van der Waals surface area contributed by atoms with Gasteiger partial charge in [0.05, 0.1) is 5.92 Å². The van der Waals surface area contributed by atoms with Gasteiger partial charge in [0.25, 0.3) is 5.56 Å². The van der Waals surface area contributed by atoms with E-state index in [0.717, 1.165) is 17.7 Å². The lowest BCUT2D eigenvalue weighted by Gasteiger charge is -2.16. The van der Waals surface area contributed by atoms with E-state index >= 15 is 0 Å². The molecular formula is C21H25N3O3. The summed E-state index contributed by atoms with van der Waals surface area (Å²) in [5.74, 6) is -0.529. The third-order valence-electron chi connectivity index (χ3n) is 5.03. The Balaban J connectivity index is 1.54. The number of nitrogens with one attached hydrogen (secondary N) is 2. The number of H-pyrrole nitrogens is 1. The van der Waals surface area contributed by atoms with E-state index in [0.29, 0.717) is 18.7 Å². The summed E-state index contributed by atoms with van der Waals surface area (Å²) < 4.78 is 0. The highest BCUT2D eigenvalue weighted by atomic mass is 16.2. The monoisotopic (exact) mass is 367 g/mol. The molecule has 6 nitrogen and oxygen atoms in total. The molecule has 1 aromatic heterocycles. The molecule has 2 amide bonds. The van der Waals surface area contributed by atoms with Crippen LogP contribution in [0.15, 0.2) is 41.2 Å². The highest BCUT2D eigenvalue weighted by Gasteiger charge is 2.33. The van der Waals surface area contributed by atoms with Gasteiger partial charge in [-0.25, -0.2) is 0 Å². The summed E-state index contributed by atoms with van der Waals surface area (Å²) in [5.41, 5.74) is 3.19. The molecule has 6 heteroatoms. The molecule has 2 N–H and O–H groups in total. The summed E-state index contributed by atoms with van der Waals surface area (Å²) in [5, 5.41) is 2.82. The van der Waals surface area contributed by atoms with E-state index in [2.05, 4.69) is 10.3 Å². The largest absolute Gasteiger partial charge is 0.351 e. The van der Waals surface area contributed by atoms with Gasteiger partial charge in [-0.2, -0.15) is 0 Å². The lowest BCUT2D eigenvalue weighted by molar-refractivity contribution is -0.129. The molecular weight excluding hydrogens is 342 g/mol. The quantitative estimate of drug-likeness (QED) is 0.815. The van der Waals surface area contributed by atoms with Gasteiger partial charge in [0.15, 0.2) is 0 Å². The second-order valence-corrected chi connectivity index (χ2v) is 7.14. The highest BCUT2D eigenvalue weighted by molar-refractivity contribution is 5.89. The number of aryl methyl sites for hydroxylation is 2. The average molecular weight is 367 g/mol. The molecule has 0 radical (unpaired) electrons. The van der Waals surface area contributed by atoms with Gasteiger partial charge in [0, 0.05) is 37.3 Å². The fraction of sp³-hybridized carbons (Fsp3) is 0.381. The molecule has 0 bridgehead atoms. The van der Waals surface area contributed by atoms with E-state index in [4.69, 9.17) is 0 Å². The first-order valence-electron chi connectivity index (χ1n) is 9.23. The van der Waals surface area contributed by atoms with Crippen LogP contribution < -0.4 is 10.9 Å². The number of benzene rings is 1. The van der Waals surface area contributed by atoms with Gasteiger partial charge < -0.3 is 15.2 Å². The van der Waals surface area contributed by atoms with E-state index in [1.54, 1.807) is 4.90 Å². The topological polar surface area (TPSA) is 82.3 Å². The van der Waals surface area contributed by atoms with Crippen molar-refractivity contribution in [2.75, 3.05) is 13.1 Å². The van der Waals surface area contributed by atoms with E-state index in [1.165, 1.54) is 5.56 Å². The molecule has 2 heterocycles. The minimum atomic E-state index is -0.363. The molecule has 0 aliphatic carbocycles. The first kappa shape index (κ1) is 18.9. The van der Waals surface area contributed by atoms with Crippen LogP contribution in [-0.2, 0) is 22.6 Å². The summed E-state index contributed by atoms with van der Waals surface area (Å²) >= 11 is 0. The van der Waals surface area contributed by atoms with Crippen molar-refractivity contribution in [3.8, 4) is 0 Å². The summed E-state index contributed by atoms with van der Waals surface area (Å²) in [6.45, 7) is 4.90. The van der Waals surface area contributed by atoms with E-state index in [-0.39, 0.29) is 36.3 Å². The van der Waals surface area contributed by atoms with Gasteiger partial charge in [-0.15, -0.1) is 0 Å². The predicted molar refractivity (Wildman–Crippen MR) is 103 cm³/mol. The zero-order valence-corrected chi connectivity index (χ0v) is 15.7. The summed E-state index contributed by atoms with van der Waals surface area (Å²) in [6.07, 6.45) is 1.00. The molecule has 0 spiro atoms. The number of nitrogens with zero attached hydrogens (tertiary/aromatic N) is 1. The Labute approximate surface area is 158 Å². The summed E-state index contributed by atoms with van der Waals surface area (Å²) in [4.78, 5) is 41.2. The lowest BCUT2D eigenvalue weighted by atomic mass is 10.1. The highest BCUT2D eigenvalue weighted by Crippen LogP contribution is 2.18. The first-order valence-corrected chi connectivity index (χ1v) is 9.23. The molecule has 1 aromatic carbocycles. The Hall–Kier alpha value is -2.89. The molecule has 142 valence electrons. The maximum absolute atomic E-state index is 12.5. The zero-order chi connectivity index (χ0) is 19.4. The van der Waals surface area contributed by atoms with Gasteiger partial charge in [0.2, 0.25) is 11.8 Å². The normalized spacial score (nSPS) is 16.6. The van der Waals surface area contributed by atoms with Crippen LogP contribution in [0.2, 0.25) is 0 Å². The minimum absolute atomic E-state index is 0.00967. The molecule has 3 rings (SSSR count). The maximum atomic E-state index is 12.5. The molecule has 1 aliphatic rings. The van der Waals surface area contributed by atoms with Crippen molar-refractivity contribution in [3.63, 3.8) is 0 Å². The summed E-state index contributed by atoms with van der Waals surface area (Å²) in [6, 6.07) is 11.9. The predicted octanol–water partition coefficient (Wildman–Crippen LogP) is 1.70. The van der Waals surface area contributed by atoms with Crippen molar-refractivity contribution in [2.24, 2.45) is 5.92 Å². The average Bonchev–Trinajstić information content (AvgIpc) is 3.00. The van der Waals surface area contributed by atoms with Crippen LogP contribution in [0.25, 0.3) is 0 Å². The van der Waals surface area contributed by atoms with Crippen LogP contribution in [-0.4, -0.2) is 34.8 Å². The Bertz CT molecular complexity index is 889. The van der Waals surface area contributed by atoms with Crippen LogP contribution in [0, 0.1) is 19.8 Å². The number of hydrogen-bond acceptors (Lipinski definition) is 3. The Morgan fingerprint density at radius 1 is 1.22 bits per heavy atom. The molecule has 27 heavy (non-hydrogen) atoms. The van der Waals surface area contributed by atoms with Crippen molar-refractivity contribution >= 4 is 11.8 Å². The molecule has 1 atom stereocenters. The third-order valence-corrected chi connectivity index (χ3v) is 5.03. The van der Waals surface area contributed by atoms with Gasteiger partial charge >= 0.3 is 0 Å². The second-order valence-electron chi connectivity index (χ2n) is 7.14. The maximum Gasteiger partial charge on any atom is 0.253 e. The minimum Gasteiger partial charge on any atom is -0.351 e. The number of carbonyl (C=O) groups excluding carboxylic acids is 2. The van der Waals surface area contributed by atoms with Crippen LogP contribution >= 0.6 is 0 Å². The van der Waals surface area contributed by atoms with E-state index in [1.807, 2.05) is 50.2 Å². The molecule has 0 unspecified atom stereocenters. The summed E-state index contributed by atoms with van der Waals surface area (Å²) in [7, 11) is 0. The van der Waals surface area contributed by atoms with Gasteiger partial charge in [-0.3, -0.25) is 14.4 Å². The van der Waals surface area contributed by atoms with Gasteiger partial charge in [0.1, 0.15) is 0 Å². The van der Waals surface area contributed by atoms with Crippen molar-refractivity contribution in [1.82, 2.24) is 15.2 Å². The fourth-order valence-corrected chi connectivity index (χ4v) is 3.49. The van der Waals surface area contributed by atoms with Crippen molar-refractivity contribution in [3.05, 3.63) is 69.1 Å². The molecule has 1 saturated heterocycles. The van der Waals surface area contributed by atoms with Crippen molar-refractivity contribution in [1.29, 1.82) is 0 Å². The lowest BCUT2D eigenvalue weighted by Crippen LogP contribution is -2.34. The Kier molecular flexibility index (Phi) is 5.74. The van der Waals surface area contributed by atoms with Crippen LogP contribution in [0.3, 0.4) is 0 Å². The second kappa shape index (κ2) is 8.20. The van der Waals surface area contributed by atoms with Crippen molar-refractivity contribution < 1.29 is 9.59 Å². The number of rotatable bonds is 6. The molecule has 1 fully saturated rings. The third kappa shape index (κ3) is 4.64. The number of pyridine rings is 1. The molecule has 2 aromatic rings. The van der Waals surface area contributed by atoms with Crippen LogP contribution in [0.1, 0.15) is 28.8 Å². The van der Waals surface area contributed by atoms with E-state index in [9.17, 15) is 14.4 Å². The number of hydrogen-bond donors (Lipinski definition) is 2. The Morgan fingerprint density at radius 3 is 2.67 bits per heavy atom. The fourth-order valence-electron chi connectivity index (χ4n) is 3.49. The SMILES string of the molecule is Cc1cc(C)c(CNC(=O)[C@H]2CC(=O)N(CCc3ccccc3)C2)c(=O)[nH]1. The van der Waals surface area contributed by atoms with Gasteiger partial charge in [-0.05, 0) is 37.5 Å². The number of likely N-dealkylation sites (tertiary alicyclic amines) is 1. The van der Waals surface area contributed by atoms with Crippen LogP contribution in [0.4, 0.5) is 0 Å². The zero-order valence-electron chi connectivity index (χ0n) is 15.7.